The Bertz CT molecular complexity index is 1880. The number of phenols is 4. The monoisotopic (exact) mass is 756 g/mol. The predicted octanol–water partition coefficient (Wildman–Crippen LogP) is -4.06. The number of phenolic OH excluding ortho intramolecular Hbond substituents is 4. The summed E-state index contributed by atoms with van der Waals surface area (Å²) < 4.78 is 28.6. The summed E-state index contributed by atoms with van der Waals surface area (Å²) in [6.07, 6.45) is -30.2. The van der Waals surface area contributed by atoms with Gasteiger partial charge in [-0.15, -0.1) is 0 Å². The zero-order chi connectivity index (χ0) is 39.0. The first-order chi connectivity index (χ1) is 24.8. The van der Waals surface area contributed by atoms with E-state index in [-0.39, 0.29) is 5.56 Å². The molecule has 292 valence electrons. The maximum absolute atomic E-state index is 14.1. The first-order valence-corrected chi connectivity index (χ1v) is 16.3. The summed E-state index contributed by atoms with van der Waals surface area (Å²) in [5, 5.41) is 150. The van der Waals surface area contributed by atoms with E-state index in [0.717, 1.165) is 30.3 Å². The number of aliphatic hydroxyl groups is 10. The molecule has 53 heavy (non-hydrogen) atoms. The van der Waals surface area contributed by atoms with Crippen LogP contribution in [0.5, 0.6) is 28.7 Å². The lowest BCUT2D eigenvalue weighted by Crippen LogP contribution is -2.78. The summed E-state index contributed by atoms with van der Waals surface area (Å²) in [5.74, 6) is -4.33. The van der Waals surface area contributed by atoms with Gasteiger partial charge in [0.2, 0.25) is 17.5 Å². The first-order valence-electron chi connectivity index (χ1n) is 16.3. The van der Waals surface area contributed by atoms with Crippen molar-refractivity contribution < 1.29 is 94.9 Å². The molecule has 3 aliphatic rings. The van der Waals surface area contributed by atoms with Crippen LogP contribution >= 0.6 is 0 Å². The quantitative estimate of drug-likeness (QED) is 0.106. The fraction of sp³-hybridized carbons (Fsp3) is 0.545. The van der Waals surface area contributed by atoms with Crippen molar-refractivity contribution in [3.63, 3.8) is 0 Å². The average molecular weight is 757 g/mol. The molecule has 3 fully saturated rings. The smallest absolute Gasteiger partial charge is 0.239 e. The number of hydrogen-bond donors (Lipinski definition) is 14. The van der Waals surface area contributed by atoms with Gasteiger partial charge in [0, 0.05) is 17.7 Å². The summed E-state index contributed by atoms with van der Waals surface area (Å²) in [4.78, 5) is 14.1. The van der Waals surface area contributed by atoms with Gasteiger partial charge in [-0.2, -0.15) is 0 Å². The Hall–Kier alpha value is -3.87. The minimum atomic E-state index is -3.27. The summed E-state index contributed by atoms with van der Waals surface area (Å²) >= 11 is 0. The van der Waals surface area contributed by atoms with E-state index in [1.807, 2.05) is 0 Å². The molecule has 0 spiro atoms. The Morgan fingerprint density at radius 2 is 1.30 bits per heavy atom. The number of benzene rings is 2. The third-order valence-electron chi connectivity index (χ3n) is 10.0. The van der Waals surface area contributed by atoms with Crippen molar-refractivity contribution in [2.75, 3.05) is 0 Å². The molecule has 14 N–H and O–H groups in total. The van der Waals surface area contributed by atoms with Crippen molar-refractivity contribution in [3.8, 4) is 40.1 Å². The lowest BCUT2D eigenvalue weighted by atomic mass is 9.75. The SMILES string of the molecule is C[C@H]1OC(C(O)[C@H]2OC(Oc3c(-c4ccc(O)c(O)c4)oc4cc(O)cc(O)c4c3=O)[C@@](O)(C3O[C@H](C)[C@@H](O)[C@H](O)[C@@H]3O)[C@@H](O)[C@@H]2O)[C@@H](O)[C@@H](O)[C@@H]1O. The third kappa shape index (κ3) is 6.34. The second kappa shape index (κ2) is 14.1. The molecule has 3 aliphatic heterocycles. The van der Waals surface area contributed by atoms with Gasteiger partial charge >= 0.3 is 0 Å². The molecule has 0 aliphatic carbocycles. The fourth-order valence-electron chi connectivity index (χ4n) is 6.95. The van der Waals surface area contributed by atoms with Crippen LogP contribution in [0.3, 0.4) is 0 Å². The van der Waals surface area contributed by atoms with E-state index in [9.17, 15) is 76.3 Å². The van der Waals surface area contributed by atoms with E-state index in [1.165, 1.54) is 13.8 Å². The molecule has 0 radical (unpaired) electrons. The van der Waals surface area contributed by atoms with Crippen molar-refractivity contribution in [2.45, 2.75) is 111 Å². The van der Waals surface area contributed by atoms with E-state index in [4.69, 9.17) is 23.4 Å². The molecule has 1 aromatic heterocycles. The van der Waals surface area contributed by atoms with Crippen LogP contribution in [-0.4, -0.2) is 169 Å². The van der Waals surface area contributed by atoms with Gasteiger partial charge in [-0.05, 0) is 32.0 Å². The highest BCUT2D eigenvalue weighted by molar-refractivity contribution is 5.88. The number of rotatable bonds is 6. The molecule has 4 unspecified atom stereocenters. The molecular weight excluding hydrogens is 716 g/mol. The van der Waals surface area contributed by atoms with Crippen LogP contribution in [-0.2, 0) is 14.2 Å². The minimum absolute atomic E-state index is 0.213. The molecule has 0 saturated carbocycles. The maximum Gasteiger partial charge on any atom is 0.239 e. The number of hydrogen-bond acceptors (Lipinski definition) is 20. The van der Waals surface area contributed by atoms with E-state index in [1.54, 1.807) is 0 Å². The van der Waals surface area contributed by atoms with E-state index < -0.39 is 148 Å². The molecular formula is C33H40O20. The Kier molecular flexibility index (Phi) is 10.3. The van der Waals surface area contributed by atoms with Crippen LogP contribution in [0.4, 0.5) is 0 Å². The zero-order valence-electron chi connectivity index (χ0n) is 27.8. The summed E-state index contributed by atoms with van der Waals surface area (Å²) in [5.41, 5.74) is -5.18. The highest BCUT2D eigenvalue weighted by atomic mass is 16.7. The van der Waals surface area contributed by atoms with Crippen molar-refractivity contribution in [1.29, 1.82) is 0 Å². The van der Waals surface area contributed by atoms with Gasteiger partial charge in [0.25, 0.3) is 0 Å². The van der Waals surface area contributed by atoms with Crippen molar-refractivity contribution in [3.05, 3.63) is 40.6 Å². The van der Waals surface area contributed by atoms with Crippen LogP contribution in [0.25, 0.3) is 22.3 Å². The predicted molar refractivity (Wildman–Crippen MR) is 172 cm³/mol. The normalized spacial score (nSPS) is 39.8. The van der Waals surface area contributed by atoms with Crippen molar-refractivity contribution in [2.24, 2.45) is 0 Å². The van der Waals surface area contributed by atoms with E-state index in [2.05, 4.69) is 0 Å². The van der Waals surface area contributed by atoms with Crippen molar-refractivity contribution >= 4 is 11.0 Å². The standard InChI is InChI=1S/C33H40O20/c1-8-17(38)20(41)22(43)27(49-8)24(45)28-25(46)30(47)33(48,31-23(44)21(42)18(39)9(2)50-31)32(52-28)53-29-19(40)16-14(37)6-11(34)7-15(16)51-26(29)10-3-4-12(35)13(36)5-10/h3-9,17-18,20-25,27-28,30-32,34-39,41-48H,1-2H3/t8-,9-,17-,18-,20+,21+,22+,23+,24?,25-,27?,28-,30+,31?,32?,33+/m1/s1. The van der Waals surface area contributed by atoms with Gasteiger partial charge in [0.1, 0.15) is 95.7 Å². The number of ether oxygens (including phenoxy) is 4. The summed E-state index contributed by atoms with van der Waals surface area (Å²) in [6.45, 7) is 2.51. The molecule has 20 heteroatoms. The Morgan fingerprint density at radius 3 is 1.94 bits per heavy atom. The Morgan fingerprint density at radius 1 is 0.698 bits per heavy atom. The first kappa shape index (κ1) is 38.8. The van der Waals surface area contributed by atoms with Gasteiger partial charge in [-0.1, -0.05) is 0 Å². The Labute approximate surface area is 297 Å². The van der Waals surface area contributed by atoms with Crippen LogP contribution in [0.15, 0.2) is 39.5 Å². The van der Waals surface area contributed by atoms with E-state index >= 15 is 0 Å². The lowest BCUT2D eigenvalue weighted by molar-refractivity contribution is -0.380. The molecule has 2 aromatic carbocycles. The fourth-order valence-corrected chi connectivity index (χ4v) is 6.95. The zero-order valence-corrected chi connectivity index (χ0v) is 27.8. The molecule has 0 amide bonds. The van der Waals surface area contributed by atoms with Crippen LogP contribution < -0.4 is 10.2 Å². The van der Waals surface area contributed by atoms with Crippen LogP contribution in [0.2, 0.25) is 0 Å². The van der Waals surface area contributed by atoms with Crippen LogP contribution in [0, 0.1) is 0 Å². The molecule has 3 aromatic rings. The van der Waals surface area contributed by atoms with Gasteiger partial charge in [0.05, 0.1) is 12.2 Å². The Balaban J connectivity index is 1.53. The topological polar surface area (TPSA) is 350 Å². The maximum atomic E-state index is 14.1. The molecule has 4 heterocycles. The van der Waals surface area contributed by atoms with E-state index in [0.29, 0.717) is 0 Å². The number of fused-ring (bicyclic) bond motifs is 1. The van der Waals surface area contributed by atoms with Gasteiger partial charge in [-0.3, -0.25) is 4.79 Å². The average Bonchev–Trinajstić information content (AvgIpc) is 3.11. The molecule has 20 nitrogen and oxygen atoms in total. The van der Waals surface area contributed by atoms with Crippen molar-refractivity contribution in [1.82, 2.24) is 0 Å². The molecule has 16 atom stereocenters. The number of aromatic hydroxyl groups is 4. The number of aliphatic hydroxyl groups excluding tert-OH is 9. The second-order valence-corrected chi connectivity index (χ2v) is 13.5. The van der Waals surface area contributed by atoms with Gasteiger partial charge in [-0.25, -0.2) is 0 Å². The molecule has 0 bridgehead atoms. The van der Waals surface area contributed by atoms with Gasteiger partial charge < -0.3 is 94.9 Å². The van der Waals surface area contributed by atoms with Gasteiger partial charge in [0.15, 0.2) is 22.9 Å². The molecule has 3 saturated heterocycles. The minimum Gasteiger partial charge on any atom is -0.508 e. The summed E-state index contributed by atoms with van der Waals surface area (Å²) in [6, 6.07) is 4.73. The third-order valence-corrected chi connectivity index (χ3v) is 10.0. The highest BCUT2D eigenvalue weighted by Gasteiger charge is 2.67. The highest BCUT2D eigenvalue weighted by Crippen LogP contribution is 2.44. The second-order valence-electron chi connectivity index (χ2n) is 13.5. The van der Waals surface area contributed by atoms with Crippen LogP contribution in [0.1, 0.15) is 13.8 Å². The summed E-state index contributed by atoms with van der Waals surface area (Å²) in [7, 11) is 0. The largest absolute Gasteiger partial charge is 0.508 e. The lowest BCUT2D eigenvalue weighted by Gasteiger charge is -2.55. The molecule has 6 rings (SSSR count).